The number of halogens is 1. The molecule has 1 aromatic heterocycles. The Hall–Kier alpha value is -1.03. The van der Waals surface area contributed by atoms with Crippen LogP contribution in [0.4, 0.5) is 4.39 Å². The Labute approximate surface area is 118 Å². The van der Waals surface area contributed by atoms with Crippen LogP contribution in [0.5, 0.6) is 0 Å². The fourth-order valence-electron chi connectivity index (χ4n) is 2.45. The second kappa shape index (κ2) is 6.94. The molecule has 1 aromatic carbocycles. The monoisotopic (exact) mass is 280 g/mol. The third kappa shape index (κ3) is 3.30. The summed E-state index contributed by atoms with van der Waals surface area (Å²) in [7, 11) is 0. The van der Waals surface area contributed by atoms with E-state index in [-0.39, 0.29) is 5.82 Å². The summed E-state index contributed by atoms with van der Waals surface area (Å²) in [5.41, 5.74) is 3.48. The molecule has 0 bridgehead atoms. The van der Waals surface area contributed by atoms with E-state index >= 15 is 0 Å². The predicted molar refractivity (Wildman–Crippen MR) is 79.2 cm³/mol. The van der Waals surface area contributed by atoms with Crippen LogP contribution in [0.1, 0.15) is 57.1 Å². The second-order valence-corrected chi connectivity index (χ2v) is 5.55. The summed E-state index contributed by atoms with van der Waals surface area (Å²) in [6.45, 7) is 4.28. The average Bonchev–Trinajstić information content (AvgIpc) is 2.87. The Morgan fingerprint density at radius 3 is 2.53 bits per heavy atom. The average molecular weight is 280 g/mol. The fourth-order valence-corrected chi connectivity index (χ4v) is 3.05. The van der Waals surface area contributed by atoms with E-state index in [2.05, 4.69) is 22.6 Å². The molecule has 0 aliphatic rings. The van der Waals surface area contributed by atoms with Crippen LogP contribution in [0, 0.1) is 5.82 Å². The number of nitrogens with zero attached hydrogens (tertiary/aromatic N) is 2. The van der Waals surface area contributed by atoms with Crippen molar-refractivity contribution in [3.63, 3.8) is 0 Å². The molecule has 104 valence electrons. The SMILES string of the molecule is CCCCCCc1c(F)cc(CCC)c2nsnc12. The Morgan fingerprint density at radius 2 is 1.79 bits per heavy atom. The van der Waals surface area contributed by atoms with Crippen LogP contribution in [0.2, 0.25) is 0 Å². The second-order valence-electron chi connectivity index (χ2n) is 5.02. The highest BCUT2D eigenvalue weighted by molar-refractivity contribution is 7.00. The standard InChI is InChI=1S/C15H21FN2S/c1-3-5-6-7-9-12-13(16)10-11(8-4-2)14-15(12)18-19-17-14/h10H,3-9H2,1-2H3. The van der Waals surface area contributed by atoms with Gasteiger partial charge in [-0.1, -0.05) is 39.5 Å². The molecule has 2 rings (SSSR count). The van der Waals surface area contributed by atoms with E-state index in [0.717, 1.165) is 54.3 Å². The minimum absolute atomic E-state index is 0.0971. The number of fused-ring (bicyclic) bond motifs is 1. The molecule has 0 spiro atoms. The van der Waals surface area contributed by atoms with Gasteiger partial charge in [-0.25, -0.2) is 4.39 Å². The smallest absolute Gasteiger partial charge is 0.129 e. The van der Waals surface area contributed by atoms with Gasteiger partial charge in [-0.15, -0.1) is 0 Å². The molecule has 2 aromatic rings. The number of benzene rings is 1. The summed E-state index contributed by atoms with van der Waals surface area (Å²) in [5.74, 6) is -0.0971. The molecular weight excluding hydrogens is 259 g/mol. The van der Waals surface area contributed by atoms with E-state index in [9.17, 15) is 4.39 Å². The number of rotatable bonds is 7. The molecular formula is C15H21FN2S. The highest BCUT2D eigenvalue weighted by Crippen LogP contribution is 2.26. The normalized spacial score (nSPS) is 11.3. The van der Waals surface area contributed by atoms with Crippen LogP contribution in [-0.2, 0) is 12.8 Å². The van der Waals surface area contributed by atoms with Crippen LogP contribution >= 0.6 is 11.7 Å². The van der Waals surface area contributed by atoms with Crippen molar-refractivity contribution < 1.29 is 4.39 Å². The largest absolute Gasteiger partial charge is 0.207 e. The first-order chi connectivity index (χ1) is 9.27. The first-order valence-corrected chi connectivity index (χ1v) is 7.93. The van der Waals surface area contributed by atoms with Crippen molar-refractivity contribution in [2.45, 2.75) is 58.8 Å². The van der Waals surface area contributed by atoms with Crippen LogP contribution in [0.15, 0.2) is 6.07 Å². The summed E-state index contributed by atoms with van der Waals surface area (Å²) >= 11 is 1.19. The van der Waals surface area contributed by atoms with Gasteiger partial charge >= 0.3 is 0 Å². The minimum atomic E-state index is -0.0971. The fraction of sp³-hybridized carbons (Fsp3) is 0.600. The molecule has 19 heavy (non-hydrogen) atoms. The maximum Gasteiger partial charge on any atom is 0.129 e. The summed E-state index contributed by atoms with van der Waals surface area (Å²) in [6.07, 6.45) is 7.26. The van der Waals surface area contributed by atoms with E-state index in [1.807, 2.05) is 0 Å². The van der Waals surface area contributed by atoms with Crippen molar-refractivity contribution >= 4 is 22.8 Å². The topological polar surface area (TPSA) is 25.8 Å². The van der Waals surface area contributed by atoms with Crippen molar-refractivity contribution in [3.05, 3.63) is 23.0 Å². The predicted octanol–water partition coefficient (Wildman–Crippen LogP) is 4.91. The van der Waals surface area contributed by atoms with Gasteiger partial charge in [0.2, 0.25) is 0 Å². The first kappa shape index (κ1) is 14.4. The molecule has 0 amide bonds. The van der Waals surface area contributed by atoms with E-state index in [1.165, 1.54) is 24.6 Å². The van der Waals surface area contributed by atoms with Crippen LogP contribution in [0.3, 0.4) is 0 Å². The quantitative estimate of drug-likeness (QED) is 0.674. The number of hydrogen-bond donors (Lipinski definition) is 0. The summed E-state index contributed by atoms with van der Waals surface area (Å²) in [6, 6.07) is 1.67. The van der Waals surface area contributed by atoms with Crippen LogP contribution in [-0.4, -0.2) is 8.75 Å². The van der Waals surface area contributed by atoms with Crippen LogP contribution in [0.25, 0.3) is 11.0 Å². The van der Waals surface area contributed by atoms with E-state index in [1.54, 1.807) is 6.07 Å². The zero-order valence-electron chi connectivity index (χ0n) is 11.7. The van der Waals surface area contributed by atoms with Gasteiger partial charge in [0.05, 0.1) is 11.7 Å². The van der Waals surface area contributed by atoms with E-state index < -0.39 is 0 Å². The lowest BCUT2D eigenvalue weighted by atomic mass is 10.00. The van der Waals surface area contributed by atoms with Crippen LogP contribution < -0.4 is 0 Å². The Bertz CT molecular complexity index is 536. The van der Waals surface area contributed by atoms with Crippen molar-refractivity contribution in [1.82, 2.24) is 8.75 Å². The van der Waals surface area contributed by atoms with Crippen molar-refractivity contribution in [3.8, 4) is 0 Å². The van der Waals surface area contributed by atoms with Gasteiger partial charge in [0, 0.05) is 5.56 Å². The number of hydrogen-bond acceptors (Lipinski definition) is 3. The lowest BCUT2D eigenvalue weighted by Crippen LogP contribution is -1.97. The molecule has 2 nitrogen and oxygen atoms in total. The zero-order chi connectivity index (χ0) is 13.7. The molecule has 0 saturated carbocycles. The Kier molecular flexibility index (Phi) is 5.25. The molecule has 1 heterocycles. The van der Waals surface area contributed by atoms with Gasteiger partial charge < -0.3 is 0 Å². The molecule has 0 radical (unpaired) electrons. The van der Waals surface area contributed by atoms with Crippen molar-refractivity contribution in [1.29, 1.82) is 0 Å². The molecule has 0 aliphatic heterocycles. The minimum Gasteiger partial charge on any atom is -0.207 e. The van der Waals surface area contributed by atoms with Gasteiger partial charge in [-0.2, -0.15) is 8.75 Å². The lowest BCUT2D eigenvalue weighted by Gasteiger charge is -2.07. The maximum absolute atomic E-state index is 14.2. The van der Waals surface area contributed by atoms with E-state index in [4.69, 9.17) is 0 Å². The van der Waals surface area contributed by atoms with Crippen molar-refractivity contribution in [2.75, 3.05) is 0 Å². The third-order valence-corrected chi connectivity index (χ3v) is 4.00. The molecule has 0 atom stereocenters. The highest BCUT2D eigenvalue weighted by atomic mass is 32.1. The number of aromatic nitrogens is 2. The van der Waals surface area contributed by atoms with Gasteiger partial charge in [-0.3, -0.25) is 0 Å². The molecule has 0 unspecified atom stereocenters. The molecule has 4 heteroatoms. The van der Waals surface area contributed by atoms with Gasteiger partial charge in [0.15, 0.2) is 0 Å². The molecule has 0 fully saturated rings. The highest BCUT2D eigenvalue weighted by Gasteiger charge is 2.15. The molecule has 0 saturated heterocycles. The Balaban J connectivity index is 2.25. The maximum atomic E-state index is 14.2. The molecule has 0 N–H and O–H groups in total. The zero-order valence-corrected chi connectivity index (χ0v) is 12.5. The number of aryl methyl sites for hydroxylation is 2. The Morgan fingerprint density at radius 1 is 1.00 bits per heavy atom. The summed E-state index contributed by atoms with van der Waals surface area (Å²) in [5, 5.41) is 0. The lowest BCUT2D eigenvalue weighted by molar-refractivity contribution is 0.595. The van der Waals surface area contributed by atoms with Gasteiger partial charge in [-0.05, 0) is 30.9 Å². The molecule has 0 aliphatic carbocycles. The number of unbranched alkanes of at least 4 members (excludes halogenated alkanes) is 3. The van der Waals surface area contributed by atoms with Gasteiger partial charge in [0.1, 0.15) is 16.9 Å². The van der Waals surface area contributed by atoms with Crippen molar-refractivity contribution in [2.24, 2.45) is 0 Å². The summed E-state index contributed by atoms with van der Waals surface area (Å²) in [4.78, 5) is 0. The van der Waals surface area contributed by atoms with Gasteiger partial charge in [0.25, 0.3) is 0 Å². The third-order valence-electron chi connectivity index (χ3n) is 3.47. The van der Waals surface area contributed by atoms with E-state index in [0.29, 0.717) is 0 Å². The first-order valence-electron chi connectivity index (χ1n) is 7.20. The summed E-state index contributed by atoms with van der Waals surface area (Å²) < 4.78 is 22.9.